The van der Waals surface area contributed by atoms with Crippen molar-refractivity contribution in [3.05, 3.63) is 294 Å². The van der Waals surface area contributed by atoms with Gasteiger partial charge < -0.3 is 11.1 Å². The summed E-state index contributed by atoms with van der Waals surface area (Å²) in [6.45, 7) is 5.29. The van der Waals surface area contributed by atoms with Crippen LogP contribution in [-0.2, 0) is 0 Å². The number of nitrogen functional groups attached to an aromatic ring is 1. The minimum atomic E-state index is 0. The molecule has 0 unspecified atom stereocenters. The summed E-state index contributed by atoms with van der Waals surface area (Å²) >= 11 is 3.42. The topological polar surface area (TPSA) is 38.0 Å². The maximum Gasteiger partial charge on any atom is 0.0384 e. The third-order valence-electron chi connectivity index (χ3n) is 14.4. The second-order valence-corrected chi connectivity index (χ2v) is 20.6. The molecule has 0 aliphatic heterocycles. The van der Waals surface area contributed by atoms with Crippen LogP contribution >= 0.6 is 15.9 Å². The molecule has 0 amide bonds. The monoisotopic (exact) mass is 1120 g/mol. The summed E-state index contributed by atoms with van der Waals surface area (Å²) in [6.07, 6.45) is 13.5. The van der Waals surface area contributed by atoms with Gasteiger partial charge in [0.05, 0.1) is 0 Å². The van der Waals surface area contributed by atoms with E-state index in [-0.39, 0.29) is 1.43 Å². The van der Waals surface area contributed by atoms with E-state index in [1.165, 1.54) is 111 Å². The SMILES string of the molecule is Brc1ccc(-c2ccccc2)cc1.C#CC.C1=Cc2ccc(-c3ccc(Nc4ccc(-c5ccccc5)cc4)cc3)c3c(-c4ccccc4)ccc1c23.CC#CC.Nc1ccc(-c2ccc3c4c(ccc(-c5ccccc5)c24)C=C3)cc1.[2HH]. The highest BCUT2D eigenvalue weighted by atomic mass is 79.9. The first kappa shape index (κ1) is 55.2. The van der Waals surface area contributed by atoms with Crippen LogP contribution in [0.1, 0.15) is 44.5 Å². The van der Waals surface area contributed by atoms with E-state index >= 15 is 0 Å². The fourth-order valence-corrected chi connectivity index (χ4v) is 10.7. The lowest BCUT2D eigenvalue weighted by atomic mass is 9.89. The van der Waals surface area contributed by atoms with Crippen molar-refractivity contribution in [2.24, 2.45) is 0 Å². The molecule has 2 nitrogen and oxygen atoms in total. The van der Waals surface area contributed by atoms with Crippen LogP contribution in [0.25, 0.3) is 113 Å². The van der Waals surface area contributed by atoms with Crippen LogP contribution in [0.2, 0.25) is 0 Å². The van der Waals surface area contributed by atoms with E-state index in [1.807, 2.05) is 38.1 Å². The molecule has 14 rings (SSSR count). The summed E-state index contributed by atoms with van der Waals surface area (Å²) in [5, 5.41) is 8.88. The molecule has 0 aromatic heterocycles. The van der Waals surface area contributed by atoms with Crippen LogP contribution in [0.5, 0.6) is 0 Å². The number of nitrogens with one attached hydrogen (secondary N) is 1. The van der Waals surface area contributed by atoms with E-state index in [0.717, 1.165) is 21.5 Å². The van der Waals surface area contributed by atoms with E-state index in [9.17, 15) is 0 Å². The van der Waals surface area contributed by atoms with Gasteiger partial charge in [0.2, 0.25) is 0 Å². The number of halogens is 1. The number of hydrogen-bond acceptors (Lipinski definition) is 2. The number of anilines is 3. The van der Waals surface area contributed by atoms with Gasteiger partial charge in [0, 0.05) is 23.0 Å². The molecule has 0 saturated heterocycles. The van der Waals surface area contributed by atoms with Crippen molar-refractivity contribution in [3.8, 4) is 90.9 Å². The lowest BCUT2D eigenvalue weighted by Crippen LogP contribution is -1.92. The Kier molecular flexibility index (Phi) is 17.9. The van der Waals surface area contributed by atoms with Crippen molar-refractivity contribution in [3.63, 3.8) is 0 Å². The molecule has 2 aliphatic carbocycles. The number of nitrogens with two attached hydrogens (primary N) is 1. The maximum atomic E-state index is 5.89. The zero-order valence-corrected chi connectivity index (χ0v) is 47.8. The molecule has 396 valence electrons. The Labute approximate surface area is 493 Å². The molecular weight excluding hydrogens is 1060 g/mol. The predicted octanol–water partition coefficient (Wildman–Crippen LogP) is 22.3. The summed E-state index contributed by atoms with van der Waals surface area (Å²) in [4.78, 5) is 0. The quantitative estimate of drug-likeness (QED) is 0.118. The molecule has 0 heterocycles. The second kappa shape index (κ2) is 26.7. The van der Waals surface area contributed by atoms with E-state index in [1.54, 1.807) is 6.92 Å². The summed E-state index contributed by atoms with van der Waals surface area (Å²) in [7, 11) is 0. The normalized spacial score (nSPS) is 10.8. The van der Waals surface area contributed by atoms with Crippen LogP contribution in [0, 0.1) is 24.2 Å². The standard InChI is InChI=1S/C36H25N.C24H17N.C12H9Br.C4H6.C3H4.H2/c1-3-7-25(8-4-1)26-13-19-31(20-14-26)37-32-21-15-28(16-22-32)34-24-18-30-12-11-29-17-23-33(36(34)35(29)30)27-9-5-2-6-10-27;25-20-12-8-17(9-13-20)22-15-11-19-7-6-18-10-14-21(24(22)23(18)19)16-4-2-1-3-5-16;13-12-8-6-11(7-9-12)10-4-2-1-3-5-10;1-3-4-2;1-3-2;/h1-24,37H;1-15H,25H2;1-9H;1-2H3;1H,2H3;1H/i;;;;;1+1. The van der Waals surface area contributed by atoms with Gasteiger partial charge in [-0.05, 0) is 180 Å². The summed E-state index contributed by atoms with van der Waals surface area (Å²) in [6, 6.07) is 94.0. The molecule has 12 aromatic carbocycles. The third kappa shape index (κ3) is 12.8. The van der Waals surface area contributed by atoms with Crippen molar-refractivity contribution in [1.82, 2.24) is 0 Å². The van der Waals surface area contributed by atoms with Crippen LogP contribution in [0.3, 0.4) is 0 Å². The Morgan fingerprint density at radius 3 is 0.890 bits per heavy atom. The van der Waals surface area contributed by atoms with Gasteiger partial charge in [-0.1, -0.05) is 259 Å². The van der Waals surface area contributed by atoms with Crippen LogP contribution in [0.15, 0.2) is 271 Å². The molecule has 0 spiro atoms. The Morgan fingerprint density at radius 1 is 0.317 bits per heavy atom. The van der Waals surface area contributed by atoms with Gasteiger partial charge in [-0.3, -0.25) is 0 Å². The highest BCUT2D eigenvalue weighted by Gasteiger charge is 2.19. The van der Waals surface area contributed by atoms with Crippen molar-refractivity contribution < 1.29 is 1.43 Å². The van der Waals surface area contributed by atoms with E-state index in [2.05, 4.69) is 312 Å². The number of benzene rings is 12. The van der Waals surface area contributed by atoms with Crippen LogP contribution < -0.4 is 11.1 Å². The highest BCUT2D eigenvalue weighted by molar-refractivity contribution is 9.10. The Balaban J connectivity index is 0.000000154. The Morgan fingerprint density at radius 2 is 0.573 bits per heavy atom. The average Bonchev–Trinajstić information content (AvgIpc) is 4.14. The highest BCUT2D eigenvalue weighted by Crippen LogP contribution is 2.45. The average molecular weight is 1120 g/mol. The van der Waals surface area contributed by atoms with Gasteiger partial charge in [0.15, 0.2) is 0 Å². The van der Waals surface area contributed by atoms with Crippen molar-refractivity contribution >= 4 is 78.8 Å². The first-order valence-corrected chi connectivity index (χ1v) is 28.2. The number of rotatable bonds is 8. The van der Waals surface area contributed by atoms with Gasteiger partial charge in [-0.2, -0.15) is 0 Å². The third-order valence-corrected chi connectivity index (χ3v) is 14.9. The minimum Gasteiger partial charge on any atom is -0.399 e. The molecule has 0 bridgehead atoms. The molecule has 3 heteroatoms. The Bertz CT molecular complexity index is 4260. The molecular formula is C79H63BrN2. The molecule has 0 radical (unpaired) electrons. The first-order chi connectivity index (χ1) is 40.3. The van der Waals surface area contributed by atoms with Gasteiger partial charge >= 0.3 is 0 Å². The molecule has 0 saturated carbocycles. The molecule has 0 atom stereocenters. The fourth-order valence-electron chi connectivity index (χ4n) is 10.4. The number of terminal acetylenes is 1. The summed E-state index contributed by atoms with van der Waals surface area (Å²) in [5.41, 5.74) is 29.0. The largest absolute Gasteiger partial charge is 0.399 e. The van der Waals surface area contributed by atoms with Gasteiger partial charge in [0.1, 0.15) is 0 Å². The lowest BCUT2D eigenvalue weighted by Gasteiger charge is -2.15. The maximum absolute atomic E-state index is 5.89. The first-order valence-electron chi connectivity index (χ1n) is 27.4. The zero-order chi connectivity index (χ0) is 56.6. The molecule has 2 aliphatic rings. The second-order valence-electron chi connectivity index (χ2n) is 19.6. The Hall–Kier alpha value is -10.2. The van der Waals surface area contributed by atoms with E-state index in [0.29, 0.717) is 0 Å². The van der Waals surface area contributed by atoms with E-state index in [4.69, 9.17) is 5.73 Å². The summed E-state index contributed by atoms with van der Waals surface area (Å²) in [5.74, 6) is 7.61. The fraction of sp³-hybridized carbons (Fsp3) is 0.0380. The van der Waals surface area contributed by atoms with Crippen molar-refractivity contribution in [1.29, 1.82) is 0 Å². The molecule has 3 N–H and O–H groups in total. The molecule has 12 aromatic rings. The van der Waals surface area contributed by atoms with Gasteiger partial charge in [-0.25, -0.2) is 0 Å². The van der Waals surface area contributed by atoms with Crippen molar-refractivity contribution in [2.75, 3.05) is 11.1 Å². The lowest BCUT2D eigenvalue weighted by molar-refractivity contribution is 1.54. The van der Waals surface area contributed by atoms with Gasteiger partial charge in [0.25, 0.3) is 0 Å². The van der Waals surface area contributed by atoms with E-state index < -0.39 is 0 Å². The minimum absolute atomic E-state index is 0. The predicted molar refractivity (Wildman–Crippen MR) is 362 cm³/mol. The smallest absolute Gasteiger partial charge is 0.0384 e. The number of hydrogen-bond donors (Lipinski definition) is 2. The van der Waals surface area contributed by atoms with Gasteiger partial charge in [-0.15, -0.1) is 24.2 Å². The van der Waals surface area contributed by atoms with Crippen molar-refractivity contribution in [2.45, 2.75) is 20.8 Å². The summed E-state index contributed by atoms with van der Waals surface area (Å²) < 4.78 is 1.12. The molecule has 0 fully saturated rings. The molecule has 82 heavy (non-hydrogen) atoms. The van der Waals surface area contributed by atoms with Crippen LogP contribution in [0.4, 0.5) is 17.1 Å². The van der Waals surface area contributed by atoms with Crippen LogP contribution in [-0.4, -0.2) is 0 Å². The zero-order valence-electron chi connectivity index (χ0n) is 46.2.